The van der Waals surface area contributed by atoms with Crippen molar-refractivity contribution in [3.05, 3.63) is 12.2 Å². The van der Waals surface area contributed by atoms with E-state index in [0.717, 1.165) is 19.3 Å². The maximum absolute atomic E-state index is 12.6. The highest BCUT2D eigenvalue weighted by atomic mass is 16.5. The van der Waals surface area contributed by atoms with Crippen molar-refractivity contribution in [2.24, 2.45) is 22.2 Å². The molecule has 0 aromatic heterocycles. The van der Waals surface area contributed by atoms with Gasteiger partial charge in [0.05, 0.1) is 6.61 Å². The van der Waals surface area contributed by atoms with Crippen LogP contribution in [0.5, 0.6) is 0 Å². The van der Waals surface area contributed by atoms with Crippen molar-refractivity contribution in [3.63, 3.8) is 0 Å². The molecule has 0 radical (unpaired) electrons. The van der Waals surface area contributed by atoms with Crippen molar-refractivity contribution in [2.75, 3.05) is 6.61 Å². The SMILES string of the molecule is CCCCCCCCCCCCCC=CC(O)C(N=C1C[C@@H]2C[C@@H](C2(C)C)[C@]1(C)O)C(=O)OCC. The summed E-state index contributed by atoms with van der Waals surface area (Å²) in [5.41, 5.74) is -0.342. The molecule has 3 aliphatic carbocycles. The van der Waals surface area contributed by atoms with E-state index >= 15 is 0 Å². The van der Waals surface area contributed by atoms with Crippen molar-refractivity contribution in [2.45, 2.75) is 142 Å². The molecule has 2 N–H and O–H groups in total. The number of rotatable bonds is 17. The van der Waals surface area contributed by atoms with Gasteiger partial charge in [0.2, 0.25) is 0 Å². The summed E-state index contributed by atoms with van der Waals surface area (Å²) in [5, 5.41) is 22.0. The van der Waals surface area contributed by atoms with Crippen LogP contribution in [0.2, 0.25) is 0 Å². The Morgan fingerprint density at radius 3 is 2.11 bits per heavy atom. The van der Waals surface area contributed by atoms with Crippen LogP contribution in [0.1, 0.15) is 125 Å². The molecule has 0 aromatic rings. The highest BCUT2D eigenvalue weighted by molar-refractivity contribution is 5.96. The zero-order valence-corrected chi connectivity index (χ0v) is 23.2. The molecule has 5 atom stereocenters. The van der Waals surface area contributed by atoms with Gasteiger partial charge in [0.15, 0.2) is 6.04 Å². The molecule has 0 heterocycles. The smallest absolute Gasteiger partial charge is 0.333 e. The second kappa shape index (κ2) is 14.5. The lowest BCUT2D eigenvalue weighted by Gasteiger charge is -2.62. The van der Waals surface area contributed by atoms with E-state index in [2.05, 4.69) is 25.8 Å². The van der Waals surface area contributed by atoms with Crippen molar-refractivity contribution < 1.29 is 19.7 Å². The average molecular weight is 492 g/mol. The predicted molar refractivity (Wildman–Crippen MR) is 145 cm³/mol. The van der Waals surface area contributed by atoms with E-state index in [9.17, 15) is 15.0 Å². The maximum atomic E-state index is 12.6. The number of fused-ring (bicyclic) bond motifs is 2. The Kier molecular flexibility index (Phi) is 12.5. The number of hydrogen-bond acceptors (Lipinski definition) is 5. The van der Waals surface area contributed by atoms with Gasteiger partial charge in [-0.05, 0) is 56.8 Å². The third kappa shape index (κ3) is 8.42. The first kappa shape index (κ1) is 30.0. The molecule has 0 aromatic carbocycles. The van der Waals surface area contributed by atoms with Gasteiger partial charge in [-0.3, -0.25) is 4.99 Å². The lowest BCUT2D eigenvalue weighted by atomic mass is 9.44. The van der Waals surface area contributed by atoms with E-state index in [1.165, 1.54) is 64.2 Å². The lowest BCUT2D eigenvalue weighted by molar-refractivity contribution is -0.147. The van der Waals surface area contributed by atoms with Gasteiger partial charge in [0, 0.05) is 5.71 Å². The number of allylic oxidation sites excluding steroid dienone is 1. The van der Waals surface area contributed by atoms with E-state index in [1.807, 2.05) is 13.0 Å². The van der Waals surface area contributed by atoms with E-state index in [4.69, 9.17) is 4.74 Å². The molecule has 5 heteroatoms. The van der Waals surface area contributed by atoms with Gasteiger partial charge < -0.3 is 14.9 Å². The number of hydrogen-bond donors (Lipinski definition) is 2. The highest BCUT2D eigenvalue weighted by Gasteiger charge is 2.61. The fraction of sp³-hybridized carbons (Fsp3) is 0.867. The van der Waals surface area contributed by atoms with E-state index in [-0.39, 0.29) is 17.9 Å². The first-order chi connectivity index (χ1) is 16.7. The van der Waals surface area contributed by atoms with Gasteiger partial charge in [-0.2, -0.15) is 0 Å². The van der Waals surface area contributed by atoms with Crippen molar-refractivity contribution in [1.29, 1.82) is 0 Å². The minimum absolute atomic E-state index is 0.0785. The molecule has 0 spiro atoms. The van der Waals surface area contributed by atoms with Gasteiger partial charge in [-0.15, -0.1) is 0 Å². The Morgan fingerprint density at radius 1 is 1.03 bits per heavy atom. The Morgan fingerprint density at radius 2 is 1.60 bits per heavy atom. The van der Waals surface area contributed by atoms with Gasteiger partial charge in [0.1, 0.15) is 11.7 Å². The first-order valence-electron chi connectivity index (χ1n) is 14.5. The molecule has 3 saturated carbocycles. The zero-order chi connectivity index (χ0) is 25.9. The number of aliphatic hydroxyl groups excluding tert-OH is 1. The van der Waals surface area contributed by atoms with Gasteiger partial charge in [0.25, 0.3) is 0 Å². The van der Waals surface area contributed by atoms with Crippen LogP contribution in [0.3, 0.4) is 0 Å². The summed E-state index contributed by atoms with van der Waals surface area (Å²) in [6, 6.07) is -1.02. The topological polar surface area (TPSA) is 79.1 Å². The number of carbonyl (C=O) groups is 1. The Bertz CT molecular complexity index is 696. The highest BCUT2D eigenvalue weighted by Crippen LogP contribution is 2.61. The third-order valence-electron chi connectivity index (χ3n) is 8.63. The summed E-state index contributed by atoms with van der Waals surface area (Å²) in [7, 11) is 0. The number of esters is 1. The lowest BCUT2D eigenvalue weighted by Crippen LogP contribution is -2.65. The van der Waals surface area contributed by atoms with Crippen LogP contribution < -0.4 is 0 Å². The molecule has 0 aliphatic heterocycles. The number of aliphatic imine (C=N–C) groups is 1. The average Bonchev–Trinajstić information content (AvgIpc) is 2.80. The van der Waals surface area contributed by atoms with Crippen LogP contribution in [0.25, 0.3) is 0 Å². The molecule has 5 nitrogen and oxygen atoms in total. The summed E-state index contributed by atoms with van der Waals surface area (Å²) in [6.07, 6.45) is 19.5. The quantitative estimate of drug-likeness (QED) is 0.133. The summed E-state index contributed by atoms with van der Waals surface area (Å²) in [5.74, 6) is 0.0632. The first-order valence-corrected chi connectivity index (χ1v) is 14.5. The Hall–Kier alpha value is -1.20. The molecule has 0 saturated heterocycles. The predicted octanol–water partition coefficient (Wildman–Crippen LogP) is 6.79. The molecule has 3 aliphatic rings. The van der Waals surface area contributed by atoms with Crippen LogP contribution in [0.4, 0.5) is 0 Å². The van der Waals surface area contributed by atoms with Crippen molar-refractivity contribution in [3.8, 4) is 0 Å². The van der Waals surface area contributed by atoms with Crippen LogP contribution in [-0.4, -0.2) is 46.2 Å². The van der Waals surface area contributed by atoms with Gasteiger partial charge in [-0.1, -0.05) is 97.1 Å². The Labute approximate surface area is 214 Å². The normalized spacial score (nSPS) is 28.1. The van der Waals surface area contributed by atoms with E-state index in [0.29, 0.717) is 18.1 Å². The standard InChI is InChI=1S/C30H53NO4/c1-6-8-9-10-11-12-13-14-15-16-17-18-19-20-24(32)27(28(33)35-7-2)31-26-22-23-21-25(29(23,3)4)30(26,5)34/h19-20,23-25,27,32,34H,6-18,21-22H2,1-5H3/t23-,24?,25-,27?,30-/m0/s1. The summed E-state index contributed by atoms with van der Waals surface area (Å²) >= 11 is 0. The fourth-order valence-electron chi connectivity index (χ4n) is 6.07. The monoisotopic (exact) mass is 491 g/mol. The largest absolute Gasteiger partial charge is 0.464 e. The molecule has 2 unspecified atom stereocenters. The number of ether oxygens (including phenoxy) is 1. The van der Waals surface area contributed by atoms with Crippen LogP contribution in [-0.2, 0) is 9.53 Å². The number of unbranched alkanes of at least 4 members (excludes halogenated alkanes) is 11. The third-order valence-corrected chi connectivity index (χ3v) is 8.63. The molecule has 35 heavy (non-hydrogen) atoms. The van der Waals surface area contributed by atoms with Crippen LogP contribution >= 0.6 is 0 Å². The molecule has 3 rings (SSSR count). The molecular weight excluding hydrogens is 438 g/mol. The molecule has 202 valence electrons. The van der Waals surface area contributed by atoms with Crippen LogP contribution in [0.15, 0.2) is 17.1 Å². The van der Waals surface area contributed by atoms with Gasteiger partial charge in [-0.25, -0.2) is 4.79 Å². The van der Waals surface area contributed by atoms with Crippen molar-refractivity contribution >= 4 is 11.7 Å². The minimum atomic E-state index is -1.05. The number of aliphatic hydroxyl groups is 2. The zero-order valence-electron chi connectivity index (χ0n) is 23.2. The summed E-state index contributed by atoms with van der Waals surface area (Å²) < 4.78 is 5.21. The van der Waals surface area contributed by atoms with Crippen LogP contribution in [0, 0.1) is 17.3 Å². The van der Waals surface area contributed by atoms with E-state index < -0.39 is 23.7 Å². The minimum Gasteiger partial charge on any atom is -0.464 e. The number of nitrogens with zero attached hydrogens (tertiary/aromatic N) is 1. The Balaban J connectivity index is 1.78. The molecule has 3 fully saturated rings. The molecule has 2 bridgehead atoms. The second-order valence-electron chi connectivity index (χ2n) is 11.7. The number of carbonyl (C=O) groups excluding carboxylic acids is 1. The van der Waals surface area contributed by atoms with Crippen molar-refractivity contribution in [1.82, 2.24) is 0 Å². The maximum Gasteiger partial charge on any atom is 0.333 e. The second-order valence-corrected chi connectivity index (χ2v) is 11.7. The van der Waals surface area contributed by atoms with Gasteiger partial charge >= 0.3 is 5.97 Å². The summed E-state index contributed by atoms with van der Waals surface area (Å²) in [4.78, 5) is 17.2. The molecule has 0 amide bonds. The van der Waals surface area contributed by atoms with E-state index in [1.54, 1.807) is 13.0 Å². The fourth-order valence-corrected chi connectivity index (χ4v) is 6.07. The molecular formula is C30H53NO4. The summed E-state index contributed by atoms with van der Waals surface area (Å²) in [6.45, 7) is 10.5.